The van der Waals surface area contributed by atoms with Crippen molar-refractivity contribution in [2.45, 2.75) is 107 Å². The standard InChI is InChI=1S/C49H58N8O9S/c1-30(2)36-6-4-5-7-37(36)41-29-64-21-20-56(41)34-25-49(26-34)15-18-55(19-16-49)33-8-9-38(42(23-33)66-35-22-32-12-17-50-45(32)51-27-35)46(58)54-67(62,63)43-24-40(57(60)61)44-47(53-43)65-28-39(52-44)31-10-13-48(3,59)14-11-31/h4-9,12,17,22-24,27,30-31,34,39,41,52,59H,10-11,13-16,18-21,25-26,28-29H2,1-3H3,(H,50,51)(H,54,58)/t31-,39-,41-,48-/m1/s1. The number of anilines is 2. The third-order valence-corrected chi connectivity index (χ3v) is 16.2. The predicted octanol–water partition coefficient (Wildman–Crippen LogP) is 7.84. The first-order valence-corrected chi connectivity index (χ1v) is 24.9. The molecule has 0 radical (unpaired) electrons. The Kier molecular flexibility index (Phi) is 11.9. The summed E-state index contributed by atoms with van der Waals surface area (Å²) in [6, 6.07) is 18.7. The number of aromatic amines is 1. The van der Waals surface area contributed by atoms with Crippen LogP contribution in [0.5, 0.6) is 17.4 Å². The molecule has 3 aromatic heterocycles. The van der Waals surface area contributed by atoms with Crippen LogP contribution >= 0.6 is 0 Å². The first-order valence-electron chi connectivity index (χ1n) is 23.4. The molecule has 5 aromatic rings. The van der Waals surface area contributed by atoms with Crippen molar-refractivity contribution in [1.29, 1.82) is 0 Å². The van der Waals surface area contributed by atoms with Crippen molar-refractivity contribution in [3.05, 3.63) is 99.9 Å². The summed E-state index contributed by atoms with van der Waals surface area (Å²) >= 11 is 0. The molecule has 0 unspecified atom stereocenters. The molecule has 5 aliphatic rings. The summed E-state index contributed by atoms with van der Waals surface area (Å²) in [5, 5.41) is 26.0. The van der Waals surface area contributed by atoms with Crippen molar-refractivity contribution in [2.24, 2.45) is 11.3 Å². The lowest BCUT2D eigenvalue weighted by molar-refractivity contribution is -0.384. The molecule has 2 saturated heterocycles. The molecular weight excluding hydrogens is 877 g/mol. The first kappa shape index (κ1) is 45.0. The number of nitrogens with one attached hydrogen (secondary N) is 3. The van der Waals surface area contributed by atoms with Gasteiger partial charge in [-0.15, -0.1) is 0 Å². The number of carbonyl (C=O) groups excluding carboxylic acids is 1. The number of aromatic nitrogens is 3. The highest BCUT2D eigenvalue weighted by Gasteiger charge is 2.50. The second kappa shape index (κ2) is 17.7. The molecule has 10 rings (SSSR count). The lowest BCUT2D eigenvalue weighted by Crippen LogP contribution is -2.58. The minimum atomic E-state index is -4.78. The molecule has 4 N–H and O–H groups in total. The van der Waals surface area contributed by atoms with E-state index in [1.807, 2.05) is 6.07 Å². The van der Waals surface area contributed by atoms with Crippen LogP contribution in [-0.4, -0.2) is 101 Å². The number of nitrogens with zero attached hydrogens (tertiary/aromatic N) is 5. The van der Waals surface area contributed by atoms with Crippen molar-refractivity contribution < 1.29 is 37.5 Å². The first-order chi connectivity index (χ1) is 32.1. The van der Waals surface area contributed by atoms with Gasteiger partial charge in [0, 0.05) is 49.0 Å². The maximum Gasteiger partial charge on any atom is 0.300 e. The Hall–Kier alpha value is -5.82. The van der Waals surface area contributed by atoms with Crippen molar-refractivity contribution in [2.75, 3.05) is 49.7 Å². The number of carbonyl (C=O) groups is 1. The third kappa shape index (κ3) is 9.03. The Bertz CT molecular complexity index is 2790. The number of morpholine rings is 1. The van der Waals surface area contributed by atoms with E-state index in [9.17, 15) is 28.4 Å². The average molecular weight is 935 g/mol. The van der Waals surface area contributed by atoms with E-state index in [0.29, 0.717) is 55.6 Å². The zero-order valence-corrected chi connectivity index (χ0v) is 38.9. The molecule has 2 saturated carbocycles. The van der Waals surface area contributed by atoms with Crippen LogP contribution in [0.2, 0.25) is 0 Å². The summed E-state index contributed by atoms with van der Waals surface area (Å²) in [7, 11) is -4.78. The van der Waals surface area contributed by atoms with Crippen LogP contribution in [0.25, 0.3) is 11.0 Å². The van der Waals surface area contributed by atoms with Crippen molar-refractivity contribution in [1.82, 2.24) is 24.6 Å². The fourth-order valence-electron chi connectivity index (χ4n) is 11.1. The normalized spacial score (nSPS) is 24.4. The van der Waals surface area contributed by atoms with Gasteiger partial charge < -0.3 is 34.5 Å². The monoisotopic (exact) mass is 934 g/mol. The van der Waals surface area contributed by atoms with Crippen LogP contribution < -0.4 is 24.4 Å². The fraction of sp³-hybridized carbons (Fsp3) is 0.490. The zero-order chi connectivity index (χ0) is 46.7. The Balaban J connectivity index is 0.856. The van der Waals surface area contributed by atoms with E-state index in [1.54, 1.807) is 31.3 Å². The van der Waals surface area contributed by atoms with Crippen LogP contribution in [0, 0.1) is 21.4 Å². The van der Waals surface area contributed by atoms with Crippen LogP contribution in [-0.2, 0) is 14.8 Å². The van der Waals surface area contributed by atoms with Gasteiger partial charge in [0.05, 0.1) is 53.6 Å². The SMILES string of the molecule is CC(C)c1ccccc1[C@H]1COCCN1C1CC2(CCN(c3ccc(C(=O)NS(=O)(=O)c4cc([N+](=O)[O-])c5c(n4)OC[C@H]([C@H]4CC[C@](C)(O)CC4)N5)c(Oc4cnc5[nH]ccc5c4)c3)CC2)C1. The predicted molar refractivity (Wildman–Crippen MR) is 251 cm³/mol. The highest BCUT2D eigenvalue weighted by Crippen LogP contribution is 2.53. The van der Waals surface area contributed by atoms with Crippen molar-refractivity contribution >= 4 is 44.0 Å². The number of aliphatic hydroxyl groups is 1. The lowest BCUT2D eigenvalue weighted by atomic mass is 9.59. The van der Waals surface area contributed by atoms with E-state index in [4.69, 9.17) is 14.2 Å². The number of hydrogen-bond donors (Lipinski definition) is 4. The largest absolute Gasteiger partial charge is 0.474 e. The van der Waals surface area contributed by atoms with Crippen molar-refractivity contribution in [3.63, 3.8) is 0 Å². The minimum Gasteiger partial charge on any atom is -0.474 e. The Morgan fingerprint density at radius 3 is 2.57 bits per heavy atom. The number of amides is 1. The number of H-pyrrole nitrogens is 1. The Morgan fingerprint density at radius 2 is 1.81 bits per heavy atom. The molecule has 0 bridgehead atoms. The number of fused-ring (bicyclic) bond motifs is 2. The summed E-state index contributed by atoms with van der Waals surface area (Å²) in [5.74, 6) is -0.307. The van der Waals surface area contributed by atoms with E-state index in [2.05, 4.69) is 72.9 Å². The van der Waals surface area contributed by atoms with Crippen LogP contribution in [0.4, 0.5) is 17.1 Å². The van der Waals surface area contributed by atoms with Gasteiger partial charge in [-0.05, 0) is 111 Å². The number of ether oxygens (including phenoxy) is 3. The number of piperidine rings is 1. The summed E-state index contributed by atoms with van der Waals surface area (Å²) in [6.07, 6.45) is 10.1. The van der Waals surface area contributed by atoms with Gasteiger partial charge in [-0.1, -0.05) is 38.1 Å². The quantitative estimate of drug-likeness (QED) is 0.0734. The van der Waals surface area contributed by atoms with Gasteiger partial charge >= 0.3 is 5.69 Å². The van der Waals surface area contributed by atoms with Gasteiger partial charge in [0.2, 0.25) is 5.88 Å². The van der Waals surface area contributed by atoms with Gasteiger partial charge in [-0.3, -0.25) is 19.8 Å². The lowest BCUT2D eigenvalue weighted by Gasteiger charge is -2.57. The summed E-state index contributed by atoms with van der Waals surface area (Å²) < 4.78 is 48.2. The molecule has 17 nitrogen and oxygen atoms in total. The van der Waals surface area contributed by atoms with E-state index in [1.165, 1.54) is 23.4 Å². The van der Waals surface area contributed by atoms with Crippen molar-refractivity contribution in [3.8, 4) is 17.4 Å². The number of benzene rings is 2. The number of sulfonamides is 1. The van der Waals surface area contributed by atoms with E-state index >= 15 is 0 Å². The van der Waals surface area contributed by atoms with Gasteiger partial charge in [0.15, 0.2) is 10.7 Å². The number of pyridine rings is 2. The van der Waals surface area contributed by atoms with E-state index < -0.39 is 37.2 Å². The minimum absolute atomic E-state index is 0.0297. The molecule has 18 heteroatoms. The van der Waals surface area contributed by atoms with Crippen LogP contribution in [0.1, 0.15) is 106 Å². The van der Waals surface area contributed by atoms with Gasteiger partial charge in [-0.25, -0.2) is 9.71 Å². The van der Waals surface area contributed by atoms with Gasteiger partial charge in [-0.2, -0.15) is 13.4 Å². The number of nitro groups is 1. The molecule has 354 valence electrons. The molecule has 3 aliphatic heterocycles. The third-order valence-electron chi connectivity index (χ3n) is 15.0. The number of hydrogen-bond acceptors (Lipinski definition) is 14. The van der Waals surface area contributed by atoms with E-state index in [-0.39, 0.29) is 52.9 Å². The summed E-state index contributed by atoms with van der Waals surface area (Å²) in [5.41, 5.74) is 3.06. The van der Waals surface area contributed by atoms with Gasteiger partial charge in [0.25, 0.3) is 15.9 Å². The molecule has 1 spiro atoms. The van der Waals surface area contributed by atoms with Crippen LogP contribution in [0.3, 0.4) is 0 Å². The highest BCUT2D eigenvalue weighted by molar-refractivity contribution is 7.90. The van der Waals surface area contributed by atoms with E-state index in [0.717, 1.165) is 69.1 Å². The molecule has 67 heavy (non-hydrogen) atoms. The molecule has 2 atom stereocenters. The molecule has 4 fully saturated rings. The fourth-order valence-corrected chi connectivity index (χ4v) is 12.0. The Labute approximate surface area is 389 Å². The number of rotatable bonds is 11. The summed E-state index contributed by atoms with van der Waals surface area (Å²) in [6.45, 7) is 10.4. The smallest absolute Gasteiger partial charge is 0.300 e. The zero-order valence-electron chi connectivity index (χ0n) is 38.1. The average Bonchev–Trinajstić information content (AvgIpc) is 3.78. The van der Waals surface area contributed by atoms with Crippen LogP contribution in [0.15, 0.2) is 78.1 Å². The summed E-state index contributed by atoms with van der Waals surface area (Å²) in [4.78, 5) is 42.4. The maximum atomic E-state index is 14.1. The second-order valence-corrected chi connectivity index (χ2v) is 21.4. The topological polar surface area (TPSA) is 214 Å². The molecule has 2 aliphatic carbocycles. The maximum absolute atomic E-state index is 14.1. The molecular formula is C49H58N8O9S. The second-order valence-electron chi connectivity index (χ2n) is 19.8. The highest BCUT2D eigenvalue weighted by atomic mass is 32.2. The van der Waals surface area contributed by atoms with Gasteiger partial charge in [0.1, 0.15) is 23.8 Å². The Morgan fingerprint density at radius 1 is 1.03 bits per heavy atom. The molecule has 1 amide bonds. The molecule has 6 heterocycles. The molecule has 2 aromatic carbocycles.